The van der Waals surface area contributed by atoms with E-state index in [2.05, 4.69) is 15.3 Å². The Kier molecular flexibility index (Phi) is 5.23. The molecule has 0 spiro atoms. The number of ether oxygens (including phenoxy) is 1. The molecule has 0 radical (unpaired) electrons. The highest BCUT2D eigenvalue weighted by atomic mass is 35.5. The monoisotopic (exact) mass is 409 g/mol. The van der Waals surface area contributed by atoms with Gasteiger partial charge in [0, 0.05) is 17.4 Å². The minimum absolute atomic E-state index is 0.127. The first-order valence-electron chi connectivity index (χ1n) is 8.60. The summed E-state index contributed by atoms with van der Waals surface area (Å²) in [5.41, 5.74) is 3.49. The number of halogens is 1. The number of amides is 1. The van der Waals surface area contributed by atoms with E-state index in [9.17, 15) is 4.79 Å². The molecule has 0 atom stereocenters. The highest BCUT2D eigenvalue weighted by Crippen LogP contribution is 2.33. The van der Waals surface area contributed by atoms with E-state index in [4.69, 9.17) is 16.3 Å². The van der Waals surface area contributed by atoms with E-state index in [1.54, 1.807) is 24.4 Å². The van der Waals surface area contributed by atoms with Gasteiger partial charge in [0.1, 0.15) is 21.1 Å². The van der Waals surface area contributed by atoms with E-state index >= 15 is 0 Å². The second kappa shape index (κ2) is 7.96. The van der Waals surface area contributed by atoms with Crippen molar-refractivity contribution in [1.82, 2.24) is 9.97 Å². The summed E-state index contributed by atoms with van der Waals surface area (Å²) in [5.74, 6) is 0.220. The van der Waals surface area contributed by atoms with Crippen molar-refractivity contribution < 1.29 is 9.53 Å². The standard InChI is InChI=1S/C21H16ClN3O2S/c1-13-14(20-25-17-9-5-11-23-21(17)28-20)6-4-8-16(13)24-19(26)12-27-18-10-3-2-7-15(18)22/h2-11H,12H2,1H3,(H,24,26). The van der Waals surface area contributed by atoms with Crippen LogP contribution in [0.25, 0.3) is 20.9 Å². The summed E-state index contributed by atoms with van der Waals surface area (Å²) in [6.45, 7) is 1.83. The maximum Gasteiger partial charge on any atom is 0.262 e. The highest BCUT2D eigenvalue weighted by Gasteiger charge is 2.13. The molecular weight excluding hydrogens is 394 g/mol. The molecule has 2 aromatic heterocycles. The van der Waals surface area contributed by atoms with Crippen LogP contribution in [0.5, 0.6) is 5.75 Å². The number of carbonyl (C=O) groups is 1. The van der Waals surface area contributed by atoms with Crippen molar-refractivity contribution in [1.29, 1.82) is 0 Å². The molecule has 0 saturated carbocycles. The van der Waals surface area contributed by atoms with Gasteiger partial charge in [-0.3, -0.25) is 4.79 Å². The Morgan fingerprint density at radius 2 is 2.00 bits per heavy atom. The van der Waals surface area contributed by atoms with Crippen LogP contribution in [0.4, 0.5) is 5.69 Å². The summed E-state index contributed by atoms with van der Waals surface area (Å²) in [6.07, 6.45) is 1.76. The number of hydrogen-bond donors (Lipinski definition) is 1. The van der Waals surface area contributed by atoms with Crippen molar-refractivity contribution in [3.63, 3.8) is 0 Å². The molecule has 5 nitrogen and oxygen atoms in total. The molecular formula is C21H16ClN3O2S. The Labute approximate surface area is 171 Å². The fourth-order valence-electron chi connectivity index (χ4n) is 2.78. The largest absolute Gasteiger partial charge is 0.482 e. The predicted octanol–water partition coefficient (Wildman–Crippen LogP) is 5.34. The van der Waals surface area contributed by atoms with E-state index in [1.807, 2.05) is 43.3 Å². The fraction of sp³-hybridized carbons (Fsp3) is 0.0952. The van der Waals surface area contributed by atoms with Crippen molar-refractivity contribution >= 4 is 44.9 Å². The van der Waals surface area contributed by atoms with Gasteiger partial charge in [-0.15, -0.1) is 0 Å². The third-order valence-corrected chi connectivity index (χ3v) is 5.52. The zero-order valence-corrected chi connectivity index (χ0v) is 16.6. The topological polar surface area (TPSA) is 64.1 Å². The van der Waals surface area contributed by atoms with Gasteiger partial charge >= 0.3 is 0 Å². The first-order chi connectivity index (χ1) is 13.6. The lowest BCUT2D eigenvalue weighted by Gasteiger charge is -2.12. The molecule has 28 heavy (non-hydrogen) atoms. The van der Waals surface area contributed by atoms with Crippen molar-refractivity contribution in [2.24, 2.45) is 0 Å². The lowest BCUT2D eigenvalue weighted by atomic mass is 10.1. The molecule has 0 unspecified atom stereocenters. The summed E-state index contributed by atoms with van der Waals surface area (Å²) in [4.78, 5) is 22.2. The Morgan fingerprint density at radius 3 is 2.82 bits per heavy atom. The fourth-order valence-corrected chi connectivity index (χ4v) is 3.96. The molecule has 2 heterocycles. The van der Waals surface area contributed by atoms with Gasteiger partial charge < -0.3 is 10.1 Å². The molecule has 0 saturated heterocycles. The van der Waals surface area contributed by atoms with Crippen LogP contribution in [0.2, 0.25) is 5.02 Å². The van der Waals surface area contributed by atoms with Gasteiger partial charge in [0.25, 0.3) is 5.91 Å². The summed E-state index contributed by atoms with van der Waals surface area (Å²) in [7, 11) is 0. The van der Waals surface area contributed by atoms with Crippen molar-refractivity contribution in [3.05, 3.63) is 71.4 Å². The highest BCUT2D eigenvalue weighted by molar-refractivity contribution is 7.21. The smallest absolute Gasteiger partial charge is 0.262 e. The van der Waals surface area contributed by atoms with E-state index in [1.165, 1.54) is 11.3 Å². The molecule has 2 aromatic carbocycles. The van der Waals surface area contributed by atoms with Crippen LogP contribution in [0, 0.1) is 6.92 Å². The third kappa shape index (κ3) is 3.83. The number of fused-ring (bicyclic) bond motifs is 1. The van der Waals surface area contributed by atoms with Gasteiger partial charge in [-0.25, -0.2) is 9.97 Å². The number of hydrogen-bond acceptors (Lipinski definition) is 5. The van der Waals surface area contributed by atoms with Crippen LogP contribution in [0.3, 0.4) is 0 Å². The molecule has 0 aliphatic carbocycles. The van der Waals surface area contributed by atoms with Gasteiger partial charge in [0.15, 0.2) is 6.61 Å². The molecule has 4 aromatic rings. The first-order valence-corrected chi connectivity index (χ1v) is 9.80. The number of nitrogens with one attached hydrogen (secondary N) is 1. The van der Waals surface area contributed by atoms with Crippen LogP contribution < -0.4 is 10.1 Å². The Bertz CT molecular complexity index is 1130. The van der Waals surface area contributed by atoms with Crippen molar-refractivity contribution in [2.45, 2.75) is 6.92 Å². The zero-order valence-electron chi connectivity index (χ0n) is 15.0. The maximum atomic E-state index is 12.3. The number of rotatable bonds is 5. The van der Waals surface area contributed by atoms with Crippen molar-refractivity contribution in [2.75, 3.05) is 11.9 Å². The molecule has 0 aliphatic rings. The maximum absolute atomic E-state index is 12.3. The summed E-state index contributed by atoms with van der Waals surface area (Å²) >= 11 is 7.57. The number of aromatic nitrogens is 2. The van der Waals surface area contributed by atoms with Crippen LogP contribution in [0.15, 0.2) is 60.8 Å². The number of pyridine rings is 1. The van der Waals surface area contributed by atoms with E-state index in [-0.39, 0.29) is 12.5 Å². The Balaban J connectivity index is 1.52. The number of thiazole rings is 1. The minimum Gasteiger partial charge on any atom is -0.482 e. The molecule has 7 heteroatoms. The number of benzene rings is 2. The second-order valence-corrected chi connectivity index (χ2v) is 7.48. The van der Waals surface area contributed by atoms with E-state index < -0.39 is 0 Å². The molecule has 140 valence electrons. The van der Waals surface area contributed by atoms with E-state index in [0.717, 1.165) is 32.2 Å². The van der Waals surface area contributed by atoms with Gasteiger partial charge in [0.05, 0.1) is 5.02 Å². The molecule has 1 amide bonds. The average molecular weight is 410 g/mol. The Morgan fingerprint density at radius 1 is 1.14 bits per heavy atom. The zero-order chi connectivity index (χ0) is 19.5. The van der Waals surface area contributed by atoms with Crippen LogP contribution >= 0.6 is 22.9 Å². The normalized spacial score (nSPS) is 10.8. The van der Waals surface area contributed by atoms with Gasteiger partial charge in [-0.1, -0.05) is 47.2 Å². The quantitative estimate of drug-likeness (QED) is 0.483. The number of nitrogens with zero attached hydrogens (tertiary/aromatic N) is 2. The van der Waals surface area contributed by atoms with Gasteiger partial charge in [-0.05, 0) is 42.8 Å². The second-order valence-electron chi connectivity index (χ2n) is 6.09. The van der Waals surface area contributed by atoms with Crippen LogP contribution in [0.1, 0.15) is 5.56 Å². The van der Waals surface area contributed by atoms with Crippen LogP contribution in [-0.4, -0.2) is 22.5 Å². The molecule has 0 bridgehead atoms. The van der Waals surface area contributed by atoms with Crippen molar-refractivity contribution in [3.8, 4) is 16.3 Å². The first kappa shape index (κ1) is 18.4. The molecule has 0 fully saturated rings. The lowest BCUT2D eigenvalue weighted by molar-refractivity contribution is -0.118. The lowest BCUT2D eigenvalue weighted by Crippen LogP contribution is -2.20. The molecule has 4 rings (SSSR count). The predicted molar refractivity (Wildman–Crippen MR) is 113 cm³/mol. The SMILES string of the molecule is Cc1c(NC(=O)COc2ccccc2Cl)cccc1-c1nc2cccnc2s1. The molecule has 1 N–H and O–H groups in total. The number of anilines is 1. The summed E-state index contributed by atoms with van der Waals surface area (Å²) in [6, 6.07) is 16.6. The average Bonchev–Trinajstić information content (AvgIpc) is 3.13. The number of carbonyl (C=O) groups excluding carboxylic acids is 1. The minimum atomic E-state index is -0.258. The summed E-state index contributed by atoms with van der Waals surface area (Å²) < 4.78 is 5.50. The molecule has 0 aliphatic heterocycles. The van der Waals surface area contributed by atoms with Crippen LogP contribution in [-0.2, 0) is 4.79 Å². The number of para-hydroxylation sites is 1. The van der Waals surface area contributed by atoms with Gasteiger partial charge in [0.2, 0.25) is 0 Å². The van der Waals surface area contributed by atoms with Gasteiger partial charge in [-0.2, -0.15) is 0 Å². The van der Waals surface area contributed by atoms with E-state index in [0.29, 0.717) is 10.8 Å². The third-order valence-electron chi connectivity index (χ3n) is 4.20. The Hall–Kier alpha value is -2.96. The summed E-state index contributed by atoms with van der Waals surface area (Å²) in [5, 5.41) is 4.24.